The average Bonchev–Trinajstić information content (AvgIpc) is 3.46. The van der Waals surface area contributed by atoms with E-state index >= 15 is 0 Å². The maximum Gasteiger partial charge on any atom is 0.273 e. The quantitative estimate of drug-likeness (QED) is 0.360. The number of carbonyl (C=O) groups excluding carboxylic acids is 3. The number of ether oxygens (including phenoxy) is 2. The Bertz CT molecular complexity index is 1310. The third-order valence-corrected chi connectivity index (χ3v) is 6.75. The number of furan rings is 1. The van der Waals surface area contributed by atoms with Crippen molar-refractivity contribution in [2.45, 2.75) is 45.7 Å². The van der Waals surface area contributed by atoms with Crippen molar-refractivity contribution in [2.75, 3.05) is 24.9 Å². The first-order chi connectivity index (χ1) is 17.4. The molecule has 0 saturated carbocycles. The smallest absolute Gasteiger partial charge is 0.273 e. The highest BCUT2D eigenvalue weighted by atomic mass is 32.1. The second-order valence-electron chi connectivity index (χ2n) is 8.93. The van der Waals surface area contributed by atoms with Crippen LogP contribution in [-0.4, -0.2) is 41.9 Å². The van der Waals surface area contributed by atoms with Gasteiger partial charge in [-0.1, -0.05) is 6.92 Å². The topological polar surface area (TPSA) is 163 Å². The zero-order chi connectivity index (χ0) is 27.5. The van der Waals surface area contributed by atoms with Gasteiger partial charge in [0, 0.05) is 11.6 Å². The summed E-state index contributed by atoms with van der Waals surface area (Å²) in [4.78, 5) is 40.9. The van der Waals surface area contributed by atoms with E-state index in [0.717, 1.165) is 0 Å². The summed E-state index contributed by atoms with van der Waals surface area (Å²) in [6, 6.07) is 6.84. The first kappa shape index (κ1) is 27.5. The fraction of sp³-hybridized carbons (Fsp3) is 0.360. The zero-order valence-corrected chi connectivity index (χ0v) is 22.4. The molecule has 198 valence electrons. The van der Waals surface area contributed by atoms with Crippen molar-refractivity contribution in [1.29, 1.82) is 0 Å². The van der Waals surface area contributed by atoms with Gasteiger partial charge in [0.25, 0.3) is 17.7 Å². The molecule has 2 heterocycles. The van der Waals surface area contributed by atoms with Gasteiger partial charge in [-0.15, -0.1) is 0 Å². The zero-order valence-electron chi connectivity index (χ0n) is 21.6. The average molecular weight is 530 g/mol. The number of amides is 3. The molecular weight excluding hydrogens is 498 g/mol. The number of nitrogens with one attached hydrogen (secondary N) is 1. The summed E-state index contributed by atoms with van der Waals surface area (Å²) in [6.45, 7) is 7.41. The van der Waals surface area contributed by atoms with Gasteiger partial charge in [0.1, 0.15) is 27.9 Å². The van der Waals surface area contributed by atoms with Crippen LogP contribution in [0, 0.1) is 6.92 Å². The molecule has 2 aromatic heterocycles. The van der Waals surface area contributed by atoms with Gasteiger partial charge in [0.2, 0.25) is 0 Å². The number of nitrogen functional groups attached to an aromatic ring is 1. The predicted molar refractivity (Wildman–Crippen MR) is 140 cm³/mol. The number of methoxy groups -OCH3 is 2. The summed E-state index contributed by atoms with van der Waals surface area (Å²) in [6.07, 6.45) is 0.631. The van der Waals surface area contributed by atoms with Gasteiger partial charge in [-0.05, 0) is 63.0 Å². The lowest BCUT2D eigenvalue weighted by Crippen LogP contribution is -2.50. The van der Waals surface area contributed by atoms with Gasteiger partial charge in [0.15, 0.2) is 11.7 Å². The van der Waals surface area contributed by atoms with Gasteiger partial charge in [-0.25, -0.2) is 0 Å². The third kappa shape index (κ3) is 5.69. The summed E-state index contributed by atoms with van der Waals surface area (Å²) in [5.74, 6) is -0.580. The van der Waals surface area contributed by atoms with Gasteiger partial charge in [-0.3, -0.25) is 19.3 Å². The fourth-order valence-electron chi connectivity index (χ4n) is 3.55. The molecule has 0 fully saturated rings. The van der Waals surface area contributed by atoms with E-state index in [4.69, 9.17) is 25.4 Å². The van der Waals surface area contributed by atoms with Crippen molar-refractivity contribution < 1.29 is 28.3 Å². The summed E-state index contributed by atoms with van der Waals surface area (Å²) in [5.41, 5.74) is 10.7. The molecule has 1 unspecified atom stereocenters. The summed E-state index contributed by atoms with van der Waals surface area (Å²) in [5, 5.41) is 2.99. The van der Waals surface area contributed by atoms with Crippen LogP contribution in [-0.2, 0) is 4.79 Å². The van der Waals surface area contributed by atoms with Crippen LogP contribution in [0.15, 0.2) is 34.7 Å². The second-order valence-corrected chi connectivity index (χ2v) is 9.70. The second kappa shape index (κ2) is 10.9. The molecule has 3 rings (SSSR count). The van der Waals surface area contributed by atoms with Crippen molar-refractivity contribution in [3.63, 3.8) is 0 Å². The molecule has 0 aliphatic heterocycles. The van der Waals surface area contributed by atoms with Gasteiger partial charge < -0.3 is 30.7 Å². The standard InChI is InChI=1S/C25H31N5O6S/c1-7-25(3,4)28-23(32)20(16-11-8-13(2)36-16)30(15-10-9-14(34-5)12-17(15)35-6)24(33)21-18(26)19(22(27)31)29-37-21/h8-12,20H,7,26H2,1-6H3,(H2,27,31)(H,28,32). The van der Waals surface area contributed by atoms with Crippen LogP contribution in [0.25, 0.3) is 0 Å². The van der Waals surface area contributed by atoms with E-state index in [1.165, 1.54) is 19.1 Å². The van der Waals surface area contributed by atoms with Crippen LogP contribution in [0.2, 0.25) is 0 Å². The molecular formula is C25H31N5O6S. The lowest BCUT2D eigenvalue weighted by atomic mass is 10.0. The van der Waals surface area contributed by atoms with Crippen molar-refractivity contribution in [3.8, 4) is 11.5 Å². The van der Waals surface area contributed by atoms with Crippen LogP contribution >= 0.6 is 11.5 Å². The molecule has 11 nitrogen and oxygen atoms in total. The Kier molecular flexibility index (Phi) is 8.12. The number of benzene rings is 1. The maximum absolute atomic E-state index is 14.1. The Morgan fingerprint density at radius 3 is 2.41 bits per heavy atom. The normalized spacial score (nSPS) is 12.1. The number of nitrogens with zero attached hydrogens (tertiary/aromatic N) is 2. The van der Waals surface area contributed by atoms with Crippen LogP contribution in [0.1, 0.15) is 64.9 Å². The van der Waals surface area contributed by atoms with E-state index < -0.39 is 29.3 Å². The summed E-state index contributed by atoms with van der Waals surface area (Å²) in [7, 11) is 2.93. The Balaban J connectivity index is 2.29. The number of carbonyl (C=O) groups is 3. The highest BCUT2D eigenvalue weighted by Gasteiger charge is 2.40. The third-order valence-electron chi connectivity index (χ3n) is 5.90. The molecule has 3 aromatic rings. The largest absolute Gasteiger partial charge is 0.497 e. The number of aromatic nitrogens is 1. The summed E-state index contributed by atoms with van der Waals surface area (Å²) >= 11 is 0.709. The minimum Gasteiger partial charge on any atom is -0.497 e. The number of hydrogen-bond donors (Lipinski definition) is 3. The van der Waals surface area contributed by atoms with Crippen LogP contribution in [0.4, 0.5) is 11.4 Å². The molecule has 1 atom stereocenters. The first-order valence-electron chi connectivity index (χ1n) is 11.4. The number of nitrogens with two attached hydrogens (primary N) is 2. The minimum atomic E-state index is -1.27. The molecule has 0 aliphatic carbocycles. The Morgan fingerprint density at radius 1 is 1.19 bits per heavy atom. The Hall–Kier alpha value is -4.06. The van der Waals surface area contributed by atoms with Crippen molar-refractivity contribution >= 4 is 40.6 Å². The highest BCUT2D eigenvalue weighted by Crippen LogP contribution is 2.40. The van der Waals surface area contributed by atoms with Crippen LogP contribution in [0.3, 0.4) is 0 Å². The van der Waals surface area contributed by atoms with E-state index in [9.17, 15) is 14.4 Å². The molecule has 1 aromatic carbocycles. The summed E-state index contributed by atoms with van der Waals surface area (Å²) < 4.78 is 20.7. The van der Waals surface area contributed by atoms with E-state index in [0.29, 0.717) is 29.5 Å². The number of anilines is 2. The molecule has 5 N–H and O–H groups in total. The minimum absolute atomic E-state index is 0.0671. The highest BCUT2D eigenvalue weighted by molar-refractivity contribution is 7.09. The fourth-order valence-corrected chi connectivity index (χ4v) is 4.29. The van der Waals surface area contributed by atoms with Crippen molar-refractivity contribution in [2.24, 2.45) is 5.73 Å². The molecule has 12 heteroatoms. The Morgan fingerprint density at radius 2 is 1.89 bits per heavy atom. The number of hydrogen-bond acceptors (Lipinski definition) is 9. The Labute approximate surface area is 218 Å². The molecule has 37 heavy (non-hydrogen) atoms. The van der Waals surface area contributed by atoms with Gasteiger partial charge in [0.05, 0.1) is 25.6 Å². The first-order valence-corrected chi connectivity index (χ1v) is 12.2. The lowest BCUT2D eigenvalue weighted by molar-refractivity contribution is -0.124. The van der Waals surface area contributed by atoms with E-state index in [1.54, 1.807) is 37.3 Å². The molecule has 0 aliphatic rings. The van der Waals surface area contributed by atoms with Crippen LogP contribution < -0.4 is 31.2 Å². The molecule has 0 radical (unpaired) electrons. The van der Waals surface area contributed by atoms with Crippen molar-refractivity contribution in [1.82, 2.24) is 9.69 Å². The van der Waals surface area contributed by atoms with Crippen molar-refractivity contribution in [3.05, 3.63) is 52.4 Å². The molecule has 0 saturated heterocycles. The predicted octanol–water partition coefficient (Wildman–Crippen LogP) is 3.44. The van der Waals surface area contributed by atoms with E-state index in [2.05, 4.69) is 9.69 Å². The molecule has 0 spiro atoms. The van der Waals surface area contributed by atoms with Gasteiger partial charge in [-0.2, -0.15) is 4.37 Å². The maximum atomic E-state index is 14.1. The monoisotopic (exact) mass is 529 g/mol. The molecule has 3 amide bonds. The molecule has 0 bridgehead atoms. The number of primary amides is 1. The number of rotatable bonds is 10. The SMILES string of the molecule is CCC(C)(C)NC(=O)C(c1ccc(C)o1)N(C(=O)c1snc(C(N)=O)c1N)c1ccc(OC)cc1OC. The number of aryl methyl sites for hydroxylation is 1. The van der Waals surface area contributed by atoms with E-state index in [1.807, 2.05) is 20.8 Å². The van der Waals surface area contributed by atoms with E-state index in [-0.39, 0.29) is 33.5 Å². The van der Waals surface area contributed by atoms with Gasteiger partial charge >= 0.3 is 0 Å². The lowest BCUT2D eigenvalue weighted by Gasteiger charge is -2.33. The van der Waals surface area contributed by atoms with Crippen LogP contribution in [0.5, 0.6) is 11.5 Å².